The van der Waals surface area contributed by atoms with Crippen molar-refractivity contribution in [3.8, 4) is 0 Å². The van der Waals surface area contributed by atoms with Gasteiger partial charge in [-0.1, -0.05) is 0 Å². The molecule has 1 aromatic rings. The van der Waals surface area contributed by atoms with E-state index in [4.69, 9.17) is 9.52 Å². The minimum Gasteiger partial charge on any atom is -0.475 e. The van der Waals surface area contributed by atoms with Gasteiger partial charge in [-0.25, -0.2) is 22.7 Å². The van der Waals surface area contributed by atoms with Crippen LogP contribution in [0.3, 0.4) is 0 Å². The smallest absolute Gasteiger partial charge is 0.371 e. The molecule has 0 saturated carbocycles. The maximum Gasteiger partial charge on any atom is 0.371 e. The Kier molecular flexibility index (Phi) is 5.53. The summed E-state index contributed by atoms with van der Waals surface area (Å²) in [4.78, 5) is 21.9. The molecule has 0 aliphatic rings. The average molecular weight is 305 g/mol. The van der Waals surface area contributed by atoms with E-state index in [1.807, 2.05) is 0 Å². The van der Waals surface area contributed by atoms with Crippen LogP contribution in [-0.2, 0) is 16.6 Å². The molecule has 2 amide bonds. The quantitative estimate of drug-likeness (QED) is 0.493. The van der Waals surface area contributed by atoms with Crippen LogP contribution in [0.2, 0.25) is 0 Å². The molecule has 9 nitrogen and oxygen atoms in total. The van der Waals surface area contributed by atoms with Crippen molar-refractivity contribution in [2.45, 2.75) is 6.54 Å². The van der Waals surface area contributed by atoms with E-state index in [1.54, 1.807) is 0 Å². The fraction of sp³-hybridized carbons (Fsp3) is 0.400. The average Bonchev–Trinajstić information content (AvgIpc) is 2.80. The highest BCUT2D eigenvalue weighted by atomic mass is 32.2. The molecular weight excluding hydrogens is 290 g/mol. The lowest BCUT2D eigenvalue weighted by Gasteiger charge is -2.06. The first kappa shape index (κ1) is 16.0. The number of hydrogen-bond acceptors (Lipinski definition) is 5. The van der Waals surface area contributed by atoms with E-state index in [0.717, 1.165) is 6.26 Å². The standard InChI is InChI=1S/C10H15N3O6S/c1-20(17,18)13-5-4-11-10(16)12-6-7-2-3-8(19-7)9(14)15/h2-3,13H,4-6H2,1H3,(H,14,15)(H2,11,12,16). The van der Waals surface area contributed by atoms with E-state index < -0.39 is 22.0 Å². The van der Waals surface area contributed by atoms with Crippen LogP contribution in [0.15, 0.2) is 16.5 Å². The SMILES string of the molecule is CS(=O)(=O)NCCNC(=O)NCc1ccc(C(=O)O)o1. The summed E-state index contributed by atoms with van der Waals surface area (Å²) in [5.41, 5.74) is 0. The lowest BCUT2D eigenvalue weighted by Crippen LogP contribution is -2.39. The zero-order valence-electron chi connectivity index (χ0n) is 10.7. The Labute approximate surface area is 115 Å². The lowest BCUT2D eigenvalue weighted by molar-refractivity contribution is 0.0660. The van der Waals surface area contributed by atoms with Gasteiger partial charge in [0.15, 0.2) is 0 Å². The van der Waals surface area contributed by atoms with Gasteiger partial charge in [-0.3, -0.25) is 0 Å². The Bertz CT molecular complexity index is 580. The number of carbonyl (C=O) groups is 2. The molecule has 0 aliphatic heterocycles. The van der Waals surface area contributed by atoms with Gasteiger partial charge in [0.05, 0.1) is 12.8 Å². The molecule has 1 rings (SSSR count). The molecule has 0 fully saturated rings. The van der Waals surface area contributed by atoms with Crippen LogP contribution < -0.4 is 15.4 Å². The van der Waals surface area contributed by atoms with Gasteiger partial charge in [-0.2, -0.15) is 0 Å². The van der Waals surface area contributed by atoms with Gasteiger partial charge in [0.2, 0.25) is 15.8 Å². The van der Waals surface area contributed by atoms with Crippen molar-refractivity contribution in [3.63, 3.8) is 0 Å². The number of carbonyl (C=O) groups excluding carboxylic acids is 1. The number of sulfonamides is 1. The summed E-state index contributed by atoms with van der Waals surface area (Å²) < 4.78 is 28.6. The fourth-order valence-electron chi connectivity index (χ4n) is 1.23. The summed E-state index contributed by atoms with van der Waals surface area (Å²) in [6.07, 6.45) is 1.02. The highest BCUT2D eigenvalue weighted by Crippen LogP contribution is 2.07. The highest BCUT2D eigenvalue weighted by molar-refractivity contribution is 7.88. The number of aromatic carboxylic acids is 1. The number of hydrogen-bond donors (Lipinski definition) is 4. The maximum absolute atomic E-state index is 11.3. The zero-order chi connectivity index (χ0) is 15.2. The minimum atomic E-state index is -3.28. The Morgan fingerprint density at radius 2 is 1.95 bits per heavy atom. The molecule has 20 heavy (non-hydrogen) atoms. The molecule has 10 heteroatoms. The third kappa shape index (κ3) is 6.20. The number of nitrogens with one attached hydrogen (secondary N) is 3. The van der Waals surface area contributed by atoms with E-state index >= 15 is 0 Å². The number of rotatable bonds is 7. The first-order chi connectivity index (χ1) is 9.28. The van der Waals surface area contributed by atoms with Crippen LogP contribution in [0.4, 0.5) is 4.79 Å². The van der Waals surface area contributed by atoms with Crippen molar-refractivity contribution in [1.29, 1.82) is 0 Å². The molecule has 0 radical (unpaired) electrons. The second kappa shape index (κ2) is 6.91. The fourth-order valence-corrected chi connectivity index (χ4v) is 1.70. The van der Waals surface area contributed by atoms with Crippen molar-refractivity contribution in [2.24, 2.45) is 0 Å². The summed E-state index contributed by atoms with van der Waals surface area (Å²) in [5, 5.41) is 13.5. The maximum atomic E-state index is 11.3. The second-order valence-electron chi connectivity index (χ2n) is 3.85. The Morgan fingerprint density at radius 1 is 1.25 bits per heavy atom. The van der Waals surface area contributed by atoms with Gasteiger partial charge in [0.25, 0.3) is 0 Å². The number of carboxylic acids is 1. The van der Waals surface area contributed by atoms with E-state index in [-0.39, 0.29) is 25.4 Å². The zero-order valence-corrected chi connectivity index (χ0v) is 11.5. The van der Waals surface area contributed by atoms with Crippen LogP contribution in [0.25, 0.3) is 0 Å². The van der Waals surface area contributed by atoms with Crippen LogP contribution in [0.1, 0.15) is 16.3 Å². The molecule has 0 bridgehead atoms. The monoisotopic (exact) mass is 305 g/mol. The molecule has 112 valence electrons. The van der Waals surface area contributed by atoms with E-state index in [2.05, 4.69) is 15.4 Å². The van der Waals surface area contributed by atoms with Crippen molar-refractivity contribution in [2.75, 3.05) is 19.3 Å². The van der Waals surface area contributed by atoms with Gasteiger partial charge in [-0.05, 0) is 12.1 Å². The molecule has 0 saturated heterocycles. The van der Waals surface area contributed by atoms with Crippen molar-refractivity contribution < 1.29 is 27.5 Å². The van der Waals surface area contributed by atoms with E-state index in [0.29, 0.717) is 5.76 Å². The predicted octanol–water partition coefficient (Wildman–Crippen LogP) is -0.674. The molecule has 4 N–H and O–H groups in total. The molecule has 1 heterocycles. The van der Waals surface area contributed by atoms with Crippen LogP contribution in [0, 0.1) is 0 Å². The summed E-state index contributed by atoms with van der Waals surface area (Å²) in [5.74, 6) is -1.10. The number of urea groups is 1. The third-order valence-electron chi connectivity index (χ3n) is 2.07. The number of amides is 2. The van der Waals surface area contributed by atoms with E-state index in [1.165, 1.54) is 12.1 Å². The van der Waals surface area contributed by atoms with Crippen molar-refractivity contribution in [3.05, 3.63) is 23.7 Å². The van der Waals surface area contributed by atoms with Gasteiger partial charge >= 0.3 is 12.0 Å². The molecular formula is C10H15N3O6S. The summed E-state index contributed by atoms with van der Waals surface area (Å²) in [6, 6.07) is 2.20. The van der Waals surface area contributed by atoms with E-state index in [9.17, 15) is 18.0 Å². The van der Waals surface area contributed by atoms with Crippen LogP contribution in [0.5, 0.6) is 0 Å². The summed E-state index contributed by atoms with van der Waals surface area (Å²) in [6.45, 7) is 0.228. The van der Waals surface area contributed by atoms with Gasteiger partial charge in [0, 0.05) is 13.1 Å². The Morgan fingerprint density at radius 3 is 2.50 bits per heavy atom. The largest absolute Gasteiger partial charge is 0.475 e. The van der Waals surface area contributed by atoms with Gasteiger partial charge < -0.3 is 20.2 Å². The summed E-state index contributed by atoms with van der Waals surface area (Å²) in [7, 11) is -3.28. The Hall–Kier alpha value is -2.07. The normalized spacial score (nSPS) is 11.1. The number of furan rings is 1. The molecule has 0 aromatic carbocycles. The predicted molar refractivity (Wildman–Crippen MR) is 68.8 cm³/mol. The second-order valence-corrected chi connectivity index (χ2v) is 5.68. The molecule has 0 aliphatic carbocycles. The molecule has 0 atom stereocenters. The van der Waals surface area contributed by atoms with Gasteiger partial charge in [0.1, 0.15) is 5.76 Å². The van der Waals surface area contributed by atoms with Crippen LogP contribution in [-0.4, -0.2) is 44.9 Å². The molecule has 0 unspecified atom stereocenters. The molecule has 0 spiro atoms. The van der Waals surface area contributed by atoms with Crippen LogP contribution >= 0.6 is 0 Å². The molecule has 1 aromatic heterocycles. The van der Waals surface area contributed by atoms with Crippen molar-refractivity contribution in [1.82, 2.24) is 15.4 Å². The summed E-state index contributed by atoms with van der Waals surface area (Å²) >= 11 is 0. The van der Waals surface area contributed by atoms with Crippen molar-refractivity contribution >= 4 is 22.0 Å². The third-order valence-corrected chi connectivity index (χ3v) is 2.80. The first-order valence-corrected chi connectivity index (χ1v) is 7.45. The Balaban J connectivity index is 2.24. The minimum absolute atomic E-state index is 0.0264. The first-order valence-electron chi connectivity index (χ1n) is 5.56. The number of carboxylic acid groups (broad SMARTS) is 1. The topological polar surface area (TPSA) is 138 Å². The lowest BCUT2D eigenvalue weighted by atomic mass is 10.4. The highest BCUT2D eigenvalue weighted by Gasteiger charge is 2.09. The van der Waals surface area contributed by atoms with Gasteiger partial charge in [-0.15, -0.1) is 0 Å².